The first-order chi connectivity index (χ1) is 8.16. The van der Waals surface area contributed by atoms with Gasteiger partial charge in [-0.05, 0) is 65.2 Å². The molecule has 2 fully saturated rings. The van der Waals surface area contributed by atoms with Crippen molar-refractivity contribution in [2.24, 2.45) is 17.8 Å². The van der Waals surface area contributed by atoms with Crippen molar-refractivity contribution in [3.8, 4) is 0 Å². The number of carbonyl (C=O) groups is 1. The zero-order chi connectivity index (χ0) is 12.0. The number of anilines is 1. The number of halogens is 1. The van der Waals surface area contributed by atoms with Crippen LogP contribution in [0.15, 0.2) is 22.7 Å². The molecule has 1 aromatic carbocycles. The number of hydrogen-bond acceptors (Lipinski definition) is 1. The van der Waals surface area contributed by atoms with Gasteiger partial charge < -0.3 is 5.32 Å². The maximum absolute atomic E-state index is 12.1. The van der Waals surface area contributed by atoms with Crippen molar-refractivity contribution in [3.63, 3.8) is 0 Å². The molecule has 0 heterocycles. The molecule has 2 atom stereocenters. The average Bonchev–Trinajstić information content (AvgIpc) is 2.77. The third-order valence-electron chi connectivity index (χ3n) is 4.09. The largest absolute Gasteiger partial charge is 0.325 e. The second-order valence-corrected chi connectivity index (χ2v) is 6.11. The first-order valence-corrected chi connectivity index (χ1v) is 7.03. The summed E-state index contributed by atoms with van der Waals surface area (Å²) in [6.45, 7) is 2.04. The molecule has 0 radical (unpaired) electrons. The molecule has 90 valence electrons. The molecule has 0 bridgehead atoms. The molecule has 17 heavy (non-hydrogen) atoms. The van der Waals surface area contributed by atoms with Crippen LogP contribution in [0.1, 0.15) is 24.8 Å². The van der Waals surface area contributed by atoms with Gasteiger partial charge in [0.15, 0.2) is 0 Å². The van der Waals surface area contributed by atoms with E-state index in [1.807, 2.05) is 25.1 Å². The molecule has 2 nitrogen and oxygen atoms in total. The van der Waals surface area contributed by atoms with Gasteiger partial charge in [-0.25, -0.2) is 0 Å². The number of amides is 1. The highest BCUT2D eigenvalue weighted by atomic mass is 79.9. The number of fused-ring (bicyclic) bond motifs is 1. The minimum Gasteiger partial charge on any atom is -0.325 e. The standard InChI is InChI=1S/C14H16BrNO/c1-8-5-6-12(11(15)7-8)16-14(17)13-9-3-2-4-10(9)13/h5-7,9-10,13H,2-4H2,1H3,(H,16,17). The lowest BCUT2D eigenvalue weighted by Crippen LogP contribution is -2.16. The van der Waals surface area contributed by atoms with Crippen LogP contribution in [0.4, 0.5) is 5.69 Å². The first kappa shape index (κ1) is 11.3. The Morgan fingerprint density at radius 3 is 2.71 bits per heavy atom. The molecule has 0 aliphatic heterocycles. The SMILES string of the molecule is Cc1ccc(NC(=O)C2C3CCCC32)c(Br)c1. The van der Waals surface area contributed by atoms with Crippen molar-refractivity contribution in [1.82, 2.24) is 0 Å². The molecule has 3 rings (SSSR count). The predicted molar refractivity (Wildman–Crippen MR) is 71.8 cm³/mol. The summed E-state index contributed by atoms with van der Waals surface area (Å²) in [6, 6.07) is 6.02. The Labute approximate surface area is 110 Å². The molecule has 2 saturated carbocycles. The van der Waals surface area contributed by atoms with E-state index in [9.17, 15) is 4.79 Å². The van der Waals surface area contributed by atoms with Crippen molar-refractivity contribution in [2.45, 2.75) is 26.2 Å². The summed E-state index contributed by atoms with van der Waals surface area (Å²) in [5.41, 5.74) is 2.09. The normalized spacial score (nSPS) is 29.9. The summed E-state index contributed by atoms with van der Waals surface area (Å²) < 4.78 is 0.969. The highest BCUT2D eigenvalue weighted by molar-refractivity contribution is 9.10. The summed E-state index contributed by atoms with van der Waals surface area (Å²) in [5, 5.41) is 3.04. The van der Waals surface area contributed by atoms with Gasteiger partial charge in [0.05, 0.1) is 5.69 Å². The van der Waals surface area contributed by atoms with E-state index in [0.29, 0.717) is 11.8 Å². The van der Waals surface area contributed by atoms with Crippen LogP contribution in [-0.4, -0.2) is 5.91 Å². The number of aryl methyl sites for hydroxylation is 1. The summed E-state index contributed by atoms with van der Waals surface area (Å²) in [6.07, 6.45) is 3.81. The van der Waals surface area contributed by atoms with Gasteiger partial charge in [-0.3, -0.25) is 4.79 Å². The maximum atomic E-state index is 12.1. The van der Waals surface area contributed by atoms with Crippen LogP contribution in [0, 0.1) is 24.7 Å². The molecule has 0 saturated heterocycles. The van der Waals surface area contributed by atoms with Gasteiger partial charge in [0.25, 0.3) is 0 Å². The Hall–Kier alpha value is -0.830. The number of benzene rings is 1. The van der Waals surface area contributed by atoms with Crippen LogP contribution >= 0.6 is 15.9 Å². The van der Waals surface area contributed by atoms with E-state index in [4.69, 9.17) is 0 Å². The first-order valence-electron chi connectivity index (χ1n) is 6.24. The van der Waals surface area contributed by atoms with Gasteiger partial charge in [0.1, 0.15) is 0 Å². The smallest absolute Gasteiger partial charge is 0.228 e. The minimum absolute atomic E-state index is 0.212. The lowest BCUT2D eigenvalue weighted by molar-refractivity contribution is -0.118. The molecule has 0 aromatic heterocycles. The topological polar surface area (TPSA) is 29.1 Å². The van der Waals surface area contributed by atoms with Crippen molar-refractivity contribution in [1.29, 1.82) is 0 Å². The Kier molecular flexibility index (Phi) is 2.74. The molecule has 2 unspecified atom stereocenters. The monoisotopic (exact) mass is 293 g/mol. The molecular formula is C14H16BrNO. The molecular weight excluding hydrogens is 278 g/mol. The van der Waals surface area contributed by atoms with E-state index in [1.54, 1.807) is 0 Å². The fourth-order valence-electron chi connectivity index (χ4n) is 3.15. The number of carbonyl (C=O) groups excluding carboxylic acids is 1. The van der Waals surface area contributed by atoms with Crippen LogP contribution in [0.5, 0.6) is 0 Å². The third-order valence-corrected chi connectivity index (χ3v) is 4.75. The van der Waals surface area contributed by atoms with Crippen LogP contribution in [0.25, 0.3) is 0 Å². The average molecular weight is 294 g/mol. The number of rotatable bonds is 2. The Bertz CT molecular complexity index is 461. The lowest BCUT2D eigenvalue weighted by atomic mass is 10.1. The van der Waals surface area contributed by atoms with Crippen molar-refractivity contribution >= 4 is 27.5 Å². The molecule has 1 amide bonds. The van der Waals surface area contributed by atoms with Crippen molar-refractivity contribution in [3.05, 3.63) is 28.2 Å². The second-order valence-electron chi connectivity index (χ2n) is 5.26. The summed E-state index contributed by atoms with van der Waals surface area (Å²) in [5.74, 6) is 1.86. The van der Waals surface area contributed by atoms with Crippen LogP contribution in [-0.2, 0) is 4.79 Å². The summed E-state index contributed by atoms with van der Waals surface area (Å²) in [7, 11) is 0. The fourth-order valence-corrected chi connectivity index (χ4v) is 3.74. The summed E-state index contributed by atoms with van der Waals surface area (Å²) in [4.78, 5) is 12.1. The molecule has 3 heteroatoms. The molecule has 2 aliphatic carbocycles. The van der Waals surface area contributed by atoms with Gasteiger partial charge in [-0.2, -0.15) is 0 Å². The Morgan fingerprint density at radius 2 is 2.06 bits per heavy atom. The van der Waals surface area contributed by atoms with E-state index >= 15 is 0 Å². The number of nitrogens with one attached hydrogen (secondary N) is 1. The van der Waals surface area contributed by atoms with Gasteiger partial charge in [0, 0.05) is 10.4 Å². The zero-order valence-corrected chi connectivity index (χ0v) is 11.5. The van der Waals surface area contributed by atoms with Crippen molar-refractivity contribution in [2.75, 3.05) is 5.32 Å². The molecule has 0 spiro atoms. The molecule has 1 aromatic rings. The number of hydrogen-bond donors (Lipinski definition) is 1. The van der Waals surface area contributed by atoms with Crippen LogP contribution in [0.3, 0.4) is 0 Å². The molecule has 2 aliphatic rings. The predicted octanol–water partition coefficient (Wildman–Crippen LogP) is 3.74. The van der Waals surface area contributed by atoms with E-state index in [2.05, 4.69) is 21.2 Å². The third kappa shape index (κ3) is 2.01. The van der Waals surface area contributed by atoms with Gasteiger partial charge in [-0.15, -0.1) is 0 Å². The Morgan fingerprint density at radius 1 is 1.35 bits per heavy atom. The quantitative estimate of drug-likeness (QED) is 0.884. The van der Waals surface area contributed by atoms with Gasteiger partial charge >= 0.3 is 0 Å². The minimum atomic E-state index is 0.212. The lowest BCUT2D eigenvalue weighted by Gasteiger charge is -2.09. The summed E-state index contributed by atoms with van der Waals surface area (Å²) >= 11 is 3.49. The van der Waals surface area contributed by atoms with E-state index in [1.165, 1.54) is 24.8 Å². The van der Waals surface area contributed by atoms with E-state index in [-0.39, 0.29) is 11.8 Å². The second kappa shape index (κ2) is 4.13. The van der Waals surface area contributed by atoms with Crippen LogP contribution in [0.2, 0.25) is 0 Å². The van der Waals surface area contributed by atoms with E-state index in [0.717, 1.165) is 10.2 Å². The van der Waals surface area contributed by atoms with Gasteiger partial charge in [-0.1, -0.05) is 12.5 Å². The zero-order valence-electron chi connectivity index (χ0n) is 9.87. The van der Waals surface area contributed by atoms with Crippen LogP contribution < -0.4 is 5.32 Å². The van der Waals surface area contributed by atoms with Gasteiger partial charge in [0.2, 0.25) is 5.91 Å². The van der Waals surface area contributed by atoms with E-state index < -0.39 is 0 Å². The fraction of sp³-hybridized carbons (Fsp3) is 0.500. The Balaban J connectivity index is 1.69. The highest BCUT2D eigenvalue weighted by Crippen LogP contribution is 2.57. The molecule has 1 N–H and O–H groups in total. The maximum Gasteiger partial charge on any atom is 0.228 e. The van der Waals surface area contributed by atoms with Crippen molar-refractivity contribution < 1.29 is 4.79 Å². The highest BCUT2D eigenvalue weighted by Gasteiger charge is 2.56.